The highest BCUT2D eigenvalue weighted by Gasteiger charge is 2.26. The Balaban J connectivity index is 4.35. The molecule has 0 rings (SSSR count). The Hall–Kier alpha value is -1.19. The van der Waals surface area contributed by atoms with E-state index in [0.717, 1.165) is 0 Å². The predicted octanol–water partition coefficient (Wildman–Crippen LogP) is -2.26. The number of aliphatic carboxylic acids is 1. The largest absolute Gasteiger partial charge is 0.480 e. The Kier molecular flexibility index (Phi) is 3.13. The van der Waals surface area contributed by atoms with Crippen LogP contribution in [0.5, 0.6) is 0 Å². The van der Waals surface area contributed by atoms with E-state index in [2.05, 4.69) is 9.92 Å². The molecular formula is C3H5NO7S. The zero-order chi connectivity index (χ0) is 9.94. The lowest BCUT2D eigenvalue weighted by molar-refractivity contribution is -0.148. The van der Waals surface area contributed by atoms with Crippen LogP contribution in [0.25, 0.3) is 0 Å². The van der Waals surface area contributed by atoms with Crippen LogP contribution >= 0.6 is 0 Å². The lowest BCUT2D eigenvalue weighted by atomic mass is 10.3. The van der Waals surface area contributed by atoms with Crippen LogP contribution in [0.15, 0.2) is 0 Å². The lowest BCUT2D eigenvalue weighted by Crippen LogP contribution is -2.40. The van der Waals surface area contributed by atoms with E-state index in [9.17, 15) is 18.0 Å². The quantitative estimate of drug-likeness (QED) is 0.341. The summed E-state index contributed by atoms with van der Waals surface area (Å²) in [4.78, 5) is 20.3. The van der Waals surface area contributed by atoms with Gasteiger partial charge in [-0.1, -0.05) is 0 Å². The normalized spacial score (nSPS) is 13.5. The first-order valence-corrected chi connectivity index (χ1v) is 3.79. The van der Waals surface area contributed by atoms with Crippen molar-refractivity contribution in [3.8, 4) is 0 Å². The molecule has 0 heterocycles. The van der Waals surface area contributed by atoms with Crippen molar-refractivity contribution in [2.24, 2.45) is 5.73 Å². The molecule has 0 aromatic rings. The molecule has 0 saturated carbocycles. The van der Waals surface area contributed by atoms with E-state index >= 15 is 0 Å². The van der Waals surface area contributed by atoms with Gasteiger partial charge in [0.2, 0.25) is 6.04 Å². The standard InChI is InChI=1S/C3H5NO7S/c4-1(2(5)6)3(7)11-12(8,9)10/h1H,4H2,(H,5,6)(H,8,9,10). The summed E-state index contributed by atoms with van der Waals surface area (Å²) in [6, 6.07) is -2.13. The minimum Gasteiger partial charge on any atom is -0.480 e. The molecule has 8 nitrogen and oxygen atoms in total. The van der Waals surface area contributed by atoms with E-state index in [1.807, 2.05) is 0 Å². The van der Waals surface area contributed by atoms with Gasteiger partial charge < -0.3 is 15.0 Å². The number of carboxylic acids is 1. The van der Waals surface area contributed by atoms with Gasteiger partial charge in [-0.2, -0.15) is 8.42 Å². The van der Waals surface area contributed by atoms with Crippen molar-refractivity contribution >= 4 is 22.3 Å². The first-order chi connectivity index (χ1) is 5.24. The fraction of sp³-hybridized carbons (Fsp3) is 0.333. The Bertz CT molecular complexity index is 292. The van der Waals surface area contributed by atoms with Crippen LogP contribution in [0.3, 0.4) is 0 Å². The number of carbonyl (C=O) groups excluding carboxylic acids is 1. The molecule has 0 aromatic heterocycles. The van der Waals surface area contributed by atoms with Crippen LogP contribution in [0.4, 0.5) is 0 Å². The maximum absolute atomic E-state index is 10.3. The molecule has 0 aliphatic rings. The van der Waals surface area contributed by atoms with Gasteiger partial charge in [-0.05, 0) is 0 Å². The number of hydrogen-bond donors (Lipinski definition) is 3. The summed E-state index contributed by atoms with van der Waals surface area (Å²) in [6.07, 6.45) is 0. The zero-order valence-electron chi connectivity index (χ0n) is 5.50. The van der Waals surface area contributed by atoms with Crippen LogP contribution in [0.1, 0.15) is 0 Å². The molecule has 70 valence electrons. The van der Waals surface area contributed by atoms with Gasteiger partial charge in [0.15, 0.2) is 0 Å². The molecule has 0 saturated heterocycles. The highest BCUT2D eigenvalue weighted by Crippen LogP contribution is 1.91. The highest BCUT2D eigenvalue weighted by molar-refractivity contribution is 7.81. The first kappa shape index (κ1) is 10.8. The van der Waals surface area contributed by atoms with Crippen molar-refractivity contribution in [2.45, 2.75) is 6.04 Å². The third-order valence-electron chi connectivity index (χ3n) is 0.707. The second kappa shape index (κ2) is 3.47. The molecule has 12 heavy (non-hydrogen) atoms. The van der Waals surface area contributed by atoms with Crippen LogP contribution < -0.4 is 5.73 Å². The summed E-state index contributed by atoms with van der Waals surface area (Å²) >= 11 is 0. The lowest BCUT2D eigenvalue weighted by Gasteiger charge is -2.02. The van der Waals surface area contributed by atoms with Crippen molar-refractivity contribution in [1.82, 2.24) is 0 Å². The molecule has 0 fully saturated rings. The van der Waals surface area contributed by atoms with Crippen molar-refractivity contribution < 1.29 is 31.8 Å². The van der Waals surface area contributed by atoms with Gasteiger partial charge in [-0.15, -0.1) is 0 Å². The molecule has 0 amide bonds. The maximum atomic E-state index is 10.3. The minimum atomic E-state index is -4.99. The number of hydrogen-bond acceptors (Lipinski definition) is 6. The molecule has 1 atom stereocenters. The van der Waals surface area contributed by atoms with Gasteiger partial charge in [0, 0.05) is 0 Å². The first-order valence-electron chi connectivity index (χ1n) is 2.43. The average Bonchev–Trinajstić information content (AvgIpc) is 1.82. The Labute approximate surface area is 66.9 Å². The van der Waals surface area contributed by atoms with Crippen LogP contribution in [0, 0.1) is 0 Å². The summed E-state index contributed by atoms with van der Waals surface area (Å²) in [5, 5.41) is 8.05. The summed E-state index contributed by atoms with van der Waals surface area (Å²) in [6.45, 7) is 0. The smallest absolute Gasteiger partial charge is 0.449 e. The Morgan fingerprint density at radius 2 is 1.83 bits per heavy atom. The van der Waals surface area contributed by atoms with Crippen LogP contribution in [0.2, 0.25) is 0 Å². The topological polar surface area (TPSA) is 144 Å². The van der Waals surface area contributed by atoms with Crippen LogP contribution in [-0.2, 0) is 24.2 Å². The third-order valence-corrected chi connectivity index (χ3v) is 1.08. The number of rotatable bonds is 3. The minimum absolute atomic E-state index is 1.76. The molecule has 0 aliphatic carbocycles. The van der Waals surface area contributed by atoms with Crippen molar-refractivity contribution in [2.75, 3.05) is 0 Å². The zero-order valence-corrected chi connectivity index (χ0v) is 6.32. The molecule has 0 spiro atoms. The van der Waals surface area contributed by atoms with Crippen molar-refractivity contribution in [1.29, 1.82) is 0 Å². The summed E-state index contributed by atoms with van der Waals surface area (Å²) < 4.78 is 30.8. The third kappa shape index (κ3) is 3.85. The Morgan fingerprint density at radius 3 is 2.08 bits per heavy atom. The van der Waals surface area contributed by atoms with Crippen LogP contribution in [-0.4, -0.2) is 36.1 Å². The monoisotopic (exact) mass is 199 g/mol. The fourth-order valence-electron chi connectivity index (χ4n) is 0.256. The second-order valence-corrected chi connectivity index (χ2v) is 2.67. The van der Waals surface area contributed by atoms with E-state index < -0.39 is 28.4 Å². The molecule has 9 heteroatoms. The molecule has 0 aromatic carbocycles. The van der Waals surface area contributed by atoms with Gasteiger partial charge in [0.1, 0.15) is 0 Å². The average molecular weight is 199 g/mol. The molecule has 1 unspecified atom stereocenters. The molecule has 4 N–H and O–H groups in total. The van der Waals surface area contributed by atoms with Gasteiger partial charge in [-0.25, -0.2) is 9.59 Å². The molecule has 0 aliphatic heterocycles. The van der Waals surface area contributed by atoms with E-state index in [1.54, 1.807) is 0 Å². The second-order valence-electron chi connectivity index (χ2n) is 1.65. The van der Waals surface area contributed by atoms with E-state index in [0.29, 0.717) is 0 Å². The van der Waals surface area contributed by atoms with Gasteiger partial charge in [0.25, 0.3) is 0 Å². The summed E-state index contributed by atoms with van der Waals surface area (Å²) in [5.74, 6) is -3.52. The van der Waals surface area contributed by atoms with Crippen molar-refractivity contribution in [3.63, 3.8) is 0 Å². The fourth-order valence-corrected chi connectivity index (χ4v) is 0.568. The molecular weight excluding hydrogens is 194 g/mol. The molecule has 0 radical (unpaired) electrons. The van der Waals surface area contributed by atoms with E-state index in [4.69, 9.17) is 9.66 Å². The van der Waals surface area contributed by atoms with E-state index in [-0.39, 0.29) is 0 Å². The summed E-state index contributed by atoms with van der Waals surface area (Å²) in [5.41, 5.74) is 4.62. The van der Waals surface area contributed by atoms with E-state index in [1.165, 1.54) is 0 Å². The highest BCUT2D eigenvalue weighted by atomic mass is 32.3. The van der Waals surface area contributed by atoms with Crippen molar-refractivity contribution in [3.05, 3.63) is 0 Å². The van der Waals surface area contributed by atoms with Gasteiger partial charge in [-0.3, -0.25) is 4.55 Å². The summed E-state index contributed by atoms with van der Waals surface area (Å²) in [7, 11) is -4.99. The number of carbonyl (C=O) groups is 2. The number of nitrogens with two attached hydrogens (primary N) is 1. The number of carboxylic acid groups (broad SMARTS) is 1. The Morgan fingerprint density at radius 1 is 1.42 bits per heavy atom. The predicted molar refractivity (Wildman–Crippen MR) is 33.3 cm³/mol. The van der Waals surface area contributed by atoms with Gasteiger partial charge >= 0.3 is 22.3 Å². The van der Waals surface area contributed by atoms with Gasteiger partial charge in [0.05, 0.1) is 0 Å². The maximum Gasteiger partial charge on any atom is 0.449 e. The molecule has 0 bridgehead atoms. The SMILES string of the molecule is NC(C(=O)O)C(=O)OS(=O)(=O)O.